The molecule has 3 heterocycles. The molecular weight excluding hydrogens is 320 g/mol. The van der Waals surface area contributed by atoms with Crippen molar-refractivity contribution in [2.75, 3.05) is 11.1 Å². The number of thioether (sulfide) groups is 1. The smallest absolute Gasteiger partial charge is 0.235 e. The van der Waals surface area contributed by atoms with Crippen LogP contribution in [0.1, 0.15) is 22.1 Å². The van der Waals surface area contributed by atoms with Crippen molar-refractivity contribution >= 4 is 23.5 Å². The van der Waals surface area contributed by atoms with Crippen LogP contribution in [0.2, 0.25) is 0 Å². The highest BCUT2D eigenvalue weighted by Gasteiger charge is 2.30. The zero-order valence-electron chi connectivity index (χ0n) is 13.1. The molecule has 120 valence electrons. The number of carbonyl (C=O) groups excluding carboxylic acids is 1. The van der Waals surface area contributed by atoms with E-state index in [1.54, 1.807) is 22.6 Å². The Morgan fingerprint density at radius 2 is 1.96 bits per heavy atom. The number of aryl methyl sites for hydroxylation is 1. The Kier molecular flexibility index (Phi) is 3.82. The van der Waals surface area contributed by atoms with Crippen molar-refractivity contribution in [2.24, 2.45) is 0 Å². The minimum absolute atomic E-state index is 0.0169. The van der Waals surface area contributed by atoms with Gasteiger partial charge in [0.2, 0.25) is 5.91 Å². The van der Waals surface area contributed by atoms with Crippen molar-refractivity contribution in [2.45, 2.75) is 12.2 Å². The predicted octanol–water partition coefficient (Wildman–Crippen LogP) is 3.35. The third kappa shape index (κ3) is 2.59. The Balaban J connectivity index is 1.90. The Labute approximate surface area is 144 Å². The molecule has 2 aromatic heterocycles. The van der Waals surface area contributed by atoms with Gasteiger partial charge in [0.05, 0.1) is 16.7 Å². The Morgan fingerprint density at radius 1 is 1.17 bits per heavy atom. The van der Waals surface area contributed by atoms with E-state index < -0.39 is 0 Å². The summed E-state index contributed by atoms with van der Waals surface area (Å²) in [5, 5.41) is 7.72. The summed E-state index contributed by atoms with van der Waals surface area (Å²) >= 11 is 1.62. The van der Waals surface area contributed by atoms with E-state index in [0.29, 0.717) is 11.6 Å². The number of nitrogens with one attached hydrogen (secondary N) is 1. The van der Waals surface area contributed by atoms with Crippen molar-refractivity contribution in [3.05, 3.63) is 71.5 Å². The second kappa shape index (κ2) is 6.13. The number of benzene rings is 1. The van der Waals surface area contributed by atoms with Crippen LogP contribution in [-0.2, 0) is 4.79 Å². The number of hydrogen-bond acceptors (Lipinski definition) is 4. The SMILES string of the molecule is Cc1nn(-c2ccccn2)c2c1C(c1ccccc1)SCC(=O)N2. The standard InChI is InChI=1S/C18H16N4OS/c1-12-16-17(13-7-3-2-4-8-13)24-11-15(23)20-18(16)22(21-12)14-9-5-6-10-19-14/h2-10,17H,11H2,1H3,(H,20,23). The largest absolute Gasteiger partial charge is 0.310 e. The summed E-state index contributed by atoms with van der Waals surface area (Å²) in [6.07, 6.45) is 1.72. The average Bonchev–Trinajstić information content (AvgIpc) is 2.83. The van der Waals surface area contributed by atoms with Gasteiger partial charge in [-0.2, -0.15) is 9.78 Å². The number of carbonyl (C=O) groups is 1. The summed E-state index contributed by atoms with van der Waals surface area (Å²) < 4.78 is 1.73. The third-order valence-corrected chi connectivity index (χ3v) is 5.25. The van der Waals surface area contributed by atoms with Crippen LogP contribution in [0.4, 0.5) is 5.82 Å². The molecule has 6 heteroatoms. The monoisotopic (exact) mass is 336 g/mol. The molecule has 0 saturated heterocycles. The summed E-state index contributed by atoms with van der Waals surface area (Å²) in [6.45, 7) is 1.98. The lowest BCUT2D eigenvalue weighted by molar-refractivity contribution is -0.113. The first-order valence-corrected chi connectivity index (χ1v) is 8.76. The molecule has 1 N–H and O–H groups in total. The maximum atomic E-state index is 12.2. The van der Waals surface area contributed by atoms with Crippen LogP contribution in [-0.4, -0.2) is 26.4 Å². The lowest BCUT2D eigenvalue weighted by Crippen LogP contribution is -2.16. The molecule has 1 aliphatic heterocycles. The number of fused-ring (bicyclic) bond motifs is 1. The normalized spacial score (nSPS) is 17.0. The molecule has 3 aromatic rings. The topological polar surface area (TPSA) is 59.8 Å². The highest BCUT2D eigenvalue weighted by molar-refractivity contribution is 8.00. The predicted molar refractivity (Wildman–Crippen MR) is 95.5 cm³/mol. The summed E-state index contributed by atoms with van der Waals surface area (Å²) in [6, 6.07) is 15.9. The molecule has 1 atom stereocenters. The van der Waals surface area contributed by atoms with E-state index in [-0.39, 0.29) is 11.2 Å². The number of pyridine rings is 1. The minimum atomic E-state index is -0.0169. The van der Waals surface area contributed by atoms with Crippen molar-refractivity contribution < 1.29 is 4.79 Å². The van der Waals surface area contributed by atoms with Gasteiger partial charge in [0.15, 0.2) is 5.82 Å². The summed E-state index contributed by atoms with van der Waals surface area (Å²) in [5.41, 5.74) is 3.12. The quantitative estimate of drug-likeness (QED) is 0.780. The van der Waals surface area contributed by atoms with Gasteiger partial charge in [-0.05, 0) is 24.6 Å². The van der Waals surface area contributed by atoms with Crippen LogP contribution in [0.15, 0.2) is 54.7 Å². The molecule has 0 saturated carbocycles. The van der Waals surface area contributed by atoms with Gasteiger partial charge in [-0.1, -0.05) is 36.4 Å². The number of anilines is 1. The summed E-state index contributed by atoms with van der Waals surface area (Å²) in [4.78, 5) is 16.6. The number of nitrogens with zero attached hydrogens (tertiary/aromatic N) is 3. The Bertz CT molecular complexity index is 877. The highest BCUT2D eigenvalue weighted by Crippen LogP contribution is 2.43. The molecule has 5 nitrogen and oxygen atoms in total. The zero-order chi connectivity index (χ0) is 16.5. The molecular formula is C18H16N4OS. The maximum Gasteiger partial charge on any atom is 0.235 e. The van der Waals surface area contributed by atoms with Gasteiger partial charge in [-0.15, -0.1) is 11.8 Å². The highest BCUT2D eigenvalue weighted by atomic mass is 32.2. The second-order valence-corrected chi connectivity index (χ2v) is 6.69. The maximum absolute atomic E-state index is 12.2. The molecule has 0 bridgehead atoms. The van der Waals surface area contributed by atoms with Gasteiger partial charge in [-0.3, -0.25) is 4.79 Å². The van der Waals surface area contributed by atoms with Crippen molar-refractivity contribution in [1.29, 1.82) is 0 Å². The van der Waals surface area contributed by atoms with Gasteiger partial charge in [0, 0.05) is 11.8 Å². The van der Waals surface area contributed by atoms with Gasteiger partial charge in [0.25, 0.3) is 0 Å². The van der Waals surface area contributed by atoms with Gasteiger partial charge in [0.1, 0.15) is 5.82 Å². The second-order valence-electron chi connectivity index (χ2n) is 5.60. The minimum Gasteiger partial charge on any atom is -0.310 e. The van der Waals surface area contributed by atoms with Crippen LogP contribution in [0, 0.1) is 6.92 Å². The summed E-state index contributed by atoms with van der Waals surface area (Å²) in [5.74, 6) is 1.81. The van der Waals surface area contributed by atoms with Crippen LogP contribution in [0.25, 0.3) is 5.82 Å². The third-order valence-electron chi connectivity index (χ3n) is 3.98. The fourth-order valence-electron chi connectivity index (χ4n) is 2.92. The lowest BCUT2D eigenvalue weighted by Gasteiger charge is -2.15. The molecule has 0 radical (unpaired) electrons. The molecule has 4 rings (SSSR count). The van der Waals surface area contributed by atoms with Gasteiger partial charge < -0.3 is 5.32 Å². The van der Waals surface area contributed by atoms with E-state index in [4.69, 9.17) is 0 Å². The first-order valence-electron chi connectivity index (χ1n) is 7.71. The van der Waals surface area contributed by atoms with Gasteiger partial charge >= 0.3 is 0 Å². The summed E-state index contributed by atoms with van der Waals surface area (Å²) in [7, 11) is 0. The lowest BCUT2D eigenvalue weighted by atomic mass is 10.0. The van der Waals surface area contributed by atoms with Crippen molar-refractivity contribution in [3.8, 4) is 5.82 Å². The van der Waals surface area contributed by atoms with E-state index >= 15 is 0 Å². The molecule has 1 unspecified atom stereocenters. The van der Waals surface area contributed by atoms with E-state index in [9.17, 15) is 4.79 Å². The number of aromatic nitrogens is 3. The molecule has 1 aliphatic rings. The zero-order valence-corrected chi connectivity index (χ0v) is 14.0. The van der Waals surface area contributed by atoms with Crippen molar-refractivity contribution in [3.63, 3.8) is 0 Å². The Hall–Kier alpha value is -2.60. The van der Waals surface area contributed by atoms with E-state index in [1.807, 2.05) is 43.3 Å². The van der Waals surface area contributed by atoms with Crippen LogP contribution in [0.3, 0.4) is 0 Å². The van der Waals surface area contributed by atoms with Crippen molar-refractivity contribution in [1.82, 2.24) is 14.8 Å². The average molecular weight is 336 g/mol. The molecule has 0 spiro atoms. The fourth-order valence-corrected chi connectivity index (χ4v) is 4.11. The number of hydrogen-bond donors (Lipinski definition) is 1. The molecule has 0 fully saturated rings. The fraction of sp³-hybridized carbons (Fsp3) is 0.167. The van der Waals surface area contributed by atoms with Crippen LogP contribution >= 0.6 is 11.8 Å². The molecule has 1 aromatic carbocycles. The first-order chi connectivity index (χ1) is 11.7. The van der Waals surface area contributed by atoms with E-state index in [0.717, 1.165) is 17.1 Å². The van der Waals surface area contributed by atoms with Gasteiger partial charge in [-0.25, -0.2) is 4.98 Å². The number of amides is 1. The molecule has 1 amide bonds. The van der Waals surface area contributed by atoms with Crippen LogP contribution < -0.4 is 5.32 Å². The Morgan fingerprint density at radius 3 is 2.71 bits per heavy atom. The van der Waals surface area contributed by atoms with Crippen LogP contribution in [0.5, 0.6) is 0 Å². The number of rotatable bonds is 2. The molecule has 24 heavy (non-hydrogen) atoms. The first kappa shape index (κ1) is 15.0. The van der Waals surface area contributed by atoms with E-state index in [2.05, 4.69) is 27.5 Å². The molecule has 0 aliphatic carbocycles. The van der Waals surface area contributed by atoms with E-state index in [1.165, 1.54) is 5.56 Å².